The van der Waals surface area contributed by atoms with Gasteiger partial charge in [0, 0.05) is 5.56 Å². The van der Waals surface area contributed by atoms with Gasteiger partial charge in [0.1, 0.15) is 5.75 Å². The van der Waals surface area contributed by atoms with Crippen LogP contribution in [0.15, 0.2) is 48.5 Å². The molecule has 2 aromatic rings. The van der Waals surface area contributed by atoms with Crippen LogP contribution < -0.4 is 4.74 Å². The van der Waals surface area contributed by atoms with Crippen LogP contribution in [0.1, 0.15) is 15.9 Å². The zero-order valence-corrected chi connectivity index (χ0v) is 11.4. The van der Waals surface area contributed by atoms with Crippen LogP contribution in [0.3, 0.4) is 0 Å². The molecule has 2 rings (SSSR count). The lowest BCUT2D eigenvalue weighted by molar-refractivity contribution is -0.137. The topological polar surface area (TPSA) is 26.3 Å². The molecule has 0 amide bonds. The molecule has 21 heavy (non-hydrogen) atoms. The molecule has 0 N–H and O–H groups in total. The number of para-hydroxylation sites is 1. The summed E-state index contributed by atoms with van der Waals surface area (Å²) in [5.74, 6) is 0.00598. The van der Waals surface area contributed by atoms with Crippen LogP contribution in [0.2, 0.25) is 5.02 Å². The minimum Gasteiger partial charge on any atom is -0.485 e. The van der Waals surface area contributed by atoms with Crippen LogP contribution in [0.5, 0.6) is 5.75 Å². The number of hydrogen-bond donors (Lipinski definition) is 0. The van der Waals surface area contributed by atoms with Gasteiger partial charge in [-0.25, -0.2) is 0 Å². The predicted molar refractivity (Wildman–Crippen MR) is 72.7 cm³/mol. The lowest BCUT2D eigenvalue weighted by Gasteiger charge is -2.10. The van der Waals surface area contributed by atoms with Gasteiger partial charge in [-0.15, -0.1) is 0 Å². The number of Topliss-reactive ketones (excluding diaryl/α,β-unsaturated/α-hetero) is 1. The molecule has 0 spiro atoms. The van der Waals surface area contributed by atoms with Crippen molar-refractivity contribution in [1.82, 2.24) is 0 Å². The fraction of sp³-hybridized carbons (Fsp3) is 0.133. The zero-order chi connectivity index (χ0) is 15.5. The third-order valence-corrected chi connectivity index (χ3v) is 3.02. The number of hydrogen-bond acceptors (Lipinski definition) is 2. The minimum absolute atomic E-state index is 0.000554. The highest BCUT2D eigenvalue weighted by atomic mass is 35.5. The number of carbonyl (C=O) groups excluding carboxylic acids is 1. The average Bonchev–Trinajstić information content (AvgIpc) is 2.45. The number of halogens is 4. The fourth-order valence-electron chi connectivity index (χ4n) is 1.66. The first-order chi connectivity index (χ1) is 9.88. The van der Waals surface area contributed by atoms with Crippen molar-refractivity contribution in [2.75, 3.05) is 6.61 Å². The largest absolute Gasteiger partial charge is 0.485 e. The summed E-state index contributed by atoms with van der Waals surface area (Å²) >= 11 is 5.74. The standard InChI is InChI=1S/C15H10ClF3O2/c16-13-8-10(15(17,18)19)6-7-12(13)14(20)9-21-11-4-2-1-3-5-11/h1-8H,9H2. The van der Waals surface area contributed by atoms with E-state index in [2.05, 4.69) is 0 Å². The molecule has 2 nitrogen and oxygen atoms in total. The summed E-state index contributed by atoms with van der Waals surface area (Å²) in [6.07, 6.45) is -4.49. The maximum absolute atomic E-state index is 12.5. The number of ether oxygens (including phenoxy) is 1. The highest BCUT2D eigenvalue weighted by Gasteiger charge is 2.31. The number of rotatable bonds is 4. The Morgan fingerprint density at radius 1 is 1.10 bits per heavy atom. The Labute approximate surface area is 124 Å². The van der Waals surface area contributed by atoms with E-state index in [0.29, 0.717) is 5.75 Å². The molecule has 0 heterocycles. The quantitative estimate of drug-likeness (QED) is 0.770. The Morgan fingerprint density at radius 3 is 2.33 bits per heavy atom. The summed E-state index contributed by atoms with van der Waals surface area (Å²) in [6.45, 7) is -0.297. The first-order valence-electron chi connectivity index (χ1n) is 5.96. The Kier molecular flexibility index (Phi) is 4.53. The third-order valence-electron chi connectivity index (χ3n) is 2.71. The molecule has 0 bridgehead atoms. The van der Waals surface area contributed by atoms with E-state index in [1.165, 1.54) is 0 Å². The maximum atomic E-state index is 12.5. The molecule has 0 fully saturated rings. The van der Waals surface area contributed by atoms with Crippen molar-refractivity contribution >= 4 is 17.4 Å². The van der Waals surface area contributed by atoms with Crippen LogP contribution in [-0.4, -0.2) is 12.4 Å². The molecule has 0 atom stereocenters. The molecule has 6 heteroatoms. The van der Waals surface area contributed by atoms with Crippen LogP contribution in [0, 0.1) is 0 Å². The average molecular weight is 315 g/mol. The first-order valence-corrected chi connectivity index (χ1v) is 6.33. The molecule has 0 aliphatic carbocycles. The molecule has 0 aromatic heterocycles. The maximum Gasteiger partial charge on any atom is 0.416 e. The van der Waals surface area contributed by atoms with E-state index in [1.54, 1.807) is 30.3 Å². The summed E-state index contributed by atoms with van der Waals surface area (Å²) < 4.78 is 42.7. The van der Waals surface area contributed by atoms with Gasteiger partial charge >= 0.3 is 6.18 Å². The number of benzene rings is 2. The molecule has 0 saturated carbocycles. The van der Waals surface area contributed by atoms with Crippen LogP contribution in [0.4, 0.5) is 13.2 Å². The SMILES string of the molecule is O=C(COc1ccccc1)c1ccc(C(F)(F)F)cc1Cl. The zero-order valence-electron chi connectivity index (χ0n) is 10.7. The van der Waals surface area contributed by atoms with Gasteiger partial charge in [-0.05, 0) is 30.3 Å². The molecular formula is C15H10ClF3O2. The van der Waals surface area contributed by atoms with Crippen LogP contribution in [0.25, 0.3) is 0 Å². The first kappa shape index (κ1) is 15.4. The number of carbonyl (C=O) groups is 1. The van der Waals surface area contributed by atoms with Gasteiger partial charge in [-0.1, -0.05) is 29.8 Å². The van der Waals surface area contributed by atoms with Crippen molar-refractivity contribution in [2.24, 2.45) is 0 Å². The van der Waals surface area contributed by atoms with E-state index in [4.69, 9.17) is 16.3 Å². The van der Waals surface area contributed by atoms with Crippen molar-refractivity contribution in [3.63, 3.8) is 0 Å². The van der Waals surface area contributed by atoms with Gasteiger partial charge in [0.05, 0.1) is 10.6 Å². The highest BCUT2D eigenvalue weighted by Crippen LogP contribution is 2.32. The van der Waals surface area contributed by atoms with Crippen molar-refractivity contribution in [2.45, 2.75) is 6.18 Å². The van der Waals surface area contributed by atoms with Crippen molar-refractivity contribution in [1.29, 1.82) is 0 Å². The third kappa shape index (κ3) is 3.98. The Balaban J connectivity index is 2.09. The summed E-state index contributed by atoms with van der Waals surface area (Å²) in [4.78, 5) is 11.9. The van der Waals surface area contributed by atoms with Crippen molar-refractivity contribution < 1.29 is 22.7 Å². The van der Waals surface area contributed by atoms with E-state index in [-0.39, 0.29) is 17.2 Å². The normalized spacial score (nSPS) is 11.2. The second-order valence-electron chi connectivity index (χ2n) is 4.22. The minimum atomic E-state index is -4.49. The summed E-state index contributed by atoms with van der Waals surface area (Å²) in [5.41, 5.74) is -0.895. The number of alkyl halides is 3. The Morgan fingerprint density at radius 2 is 1.76 bits per heavy atom. The van der Waals surface area contributed by atoms with Gasteiger partial charge < -0.3 is 4.74 Å². The van der Waals surface area contributed by atoms with E-state index in [0.717, 1.165) is 18.2 Å². The predicted octanol–water partition coefficient (Wildman–Crippen LogP) is 4.62. The molecule has 0 saturated heterocycles. The summed E-state index contributed by atoms with van der Waals surface area (Å²) in [5, 5.41) is -0.244. The van der Waals surface area contributed by atoms with Crippen molar-refractivity contribution in [3.8, 4) is 5.75 Å². The monoisotopic (exact) mass is 314 g/mol. The van der Waals surface area contributed by atoms with E-state index in [1.807, 2.05) is 0 Å². The van der Waals surface area contributed by atoms with E-state index >= 15 is 0 Å². The molecule has 0 radical (unpaired) electrons. The molecule has 0 aliphatic heterocycles. The Hall–Kier alpha value is -2.01. The number of ketones is 1. The summed E-state index contributed by atoms with van der Waals surface area (Å²) in [6, 6.07) is 11.2. The second-order valence-corrected chi connectivity index (χ2v) is 4.62. The van der Waals surface area contributed by atoms with Crippen LogP contribution in [-0.2, 0) is 6.18 Å². The van der Waals surface area contributed by atoms with Crippen LogP contribution >= 0.6 is 11.6 Å². The Bertz CT molecular complexity index is 639. The van der Waals surface area contributed by atoms with Gasteiger partial charge in [-0.2, -0.15) is 13.2 Å². The van der Waals surface area contributed by atoms with Crippen molar-refractivity contribution in [3.05, 3.63) is 64.7 Å². The molecular weight excluding hydrogens is 305 g/mol. The fourth-order valence-corrected chi connectivity index (χ4v) is 1.95. The highest BCUT2D eigenvalue weighted by molar-refractivity contribution is 6.34. The molecule has 0 aliphatic rings. The van der Waals surface area contributed by atoms with Gasteiger partial charge in [0.15, 0.2) is 6.61 Å². The van der Waals surface area contributed by atoms with Gasteiger partial charge in [-0.3, -0.25) is 4.79 Å². The van der Waals surface area contributed by atoms with E-state index < -0.39 is 17.5 Å². The molecule has 2 aromatic carbocycles. The smallest absolute Gasteiger partial charge is 0.416 e. The molecule has 110 valence electrons. The van der Waals surface area contributed by atoms with Gasteiger partial charge in [0.2, 0.25) is 5.78 Å². The van der Waals surface area contributed by atoms with Gasteiger partial charge in [0.25, 0.3) is 0 Å². The summed E-state index contributed by atoms with van der Waals surface area (Å²) in [7, 11) is 0. The lowest BCUT2D eigenvalue weighted by atomic mass is 10.1. The lowest BCUT2D eigenvalue weighted by Crippen LogP contribution is -2.13. The second kappa shape index (κ2) is 6.18. The van der Waals surface area contributed by atoms with E-state index in [9.17, 15) is 18.0 Å². The molecule has 0 unspecified atom stereocenters.